The zero-order chi connectivity index (χ0) is 24.7. The fraction of sp³-hybridized carbons (Fsp3) is 0.231. The Morgan fingerprint density at radius 3 is 2.43 bits per heavy atom. The number of aromatic nitrogens is 2. The van der Waals surface area contributed by atoms with Crippen molar-refractivity contribution in [1.29, 1.82) is 0 Å². The van der Waals surface area contributed by atoms with E-state index in [1.165, 1.54) is 4.90 Å². The van der Waals surface area contributed by atoms with Crippen LogP contribution in [-0.2, 0) is 16.6 Å². The van der Waals surface area contributed by atoms with Crippen LogP contribution in [0.25, 0.3) is 0 Å². The number of halogens is 1. The maximum atomic E-state index is 13.5. The van der Waals surface area contributed by atoms with Crippen LogP contribution in [0, 0.1) is 11.8 Å². The van der Waals surface area contributed by atoms with E-state index in [0.717, 1.165) is 10.5 Å². The molecular formula is C26H22ClN5O3. The van der Waals surface area contributed by atoms with Crippen LogP contribution >= 0.6 is 11.6 Å². The highest BCUT2D eigenvalue weighted by Crippen LogP contribution is 2.38. The lowest BCUT2D eigenvalue weighted by Gasteiger charge is -2.51. The molecule has 4 amide bonds. The molecule has 1 atom stereocenters. The first-order chi connectivity index (χ1) is 16.8. The van der Waals surface area contributed by atoms with E-state index < -0.39 is 17.5 Å². The standard InChI is InChI=1S/C26H22ClN5O3/c1-26-15-23(33)32(22-11-10-19(14-21(22)27)9-8-18-6-4-3-5-7-18)25(35)31(26)13-12-30(24(26)34)20-16-28-29(2)17-20/h3-7,10-11,14,16-17H,12-13,15H2,1-2H3/t26-/m0/s1. The quantitative estimate of drug-likeness (QED) is 0.519. The number of amides is 4. The summed E-state index contributed by atoms with van der Waals surface area (Å²) in [5.74, 6) is 5.31. The predicted molar refractivity (Wildman–Crippen MR) is 132 cm³/mol. The highest BCUT2D eigenvalue weighted by Gasteiger charge is 2.55. The number of carbonyl (C=O) groups excluding carboxylic acids is 3. The Bertz CT molecular complexity index is 1410. The van der Waals surface area contributed by atoms with Crippen molar-refractivity contribution in [3.63, 3.8) is 0 Å². The summed E-state index contributed by atoms with van der Waals surface area (Å²) in [7, 11) is 1.76. The van der Waals surface area contributed by atoms with E-state index in [4.69, 9.17) is 11.6 Å². The number of hydrogen-bond acceptors (Lipinski definition) is 4. The number of piperazine rings is 1. The summed E-state index contributed by atoms with van der Waals surface area (Å²) < 4.78 is 1.60. The lowest BCUT2D eigenvalue weighted by atomic mass is 9.88. The van der Waals surface area contributed by atoms with E-state index in [-0.39, 0.29) is 29.6 Å². The van der Waals surface area contributed by atoms with Crippen molar-refractivity contribution in [2.45, 2.75) is 18.9 Å². The molecule has 0 spiro atoms. The summed E-state index contributed by atoms with van der Waals surface area (Å²) in [5.41, 5.74) is 1.15. The van der Waals surface area contributed by atoms with Gasteiger partial charge in [-0.25, -0.2) is 9.69 Å². The van der Waals surface area contributed by atoms with Gasteiger partial charge < -0.3 is 9.80 Å². The number of rotatable bonds is 2. The molecule has 0 unspecified atom stereocenters. The molecule has 8 nitrogen and oxygen atoms in total. The maximum Gasteiger partial charge on any atom is 0.332 e. The molecule has 3 aromatic rings. The third-order valence-corrected chi connectivity index (χ3v) is 6.64. The van der Waals surface area contributed by atoms with Gasteiger partial charge in [-0.2, -0.15) is 5.10 Å². The lowest BCUT2D eigenvalue weighted by molar-refractivity contribution is -0.137. The van der Waals surface area contributed by atoms with Gasteiger partial charge in [0.05, 0.1) is 29.0 Å². The van der Waals surface area contributed by atoms with Crippen molar-refractivity contribution in [1.82, 2.24) is 14.7 Å². The molecule has 3 heterocycles. The van der Waals surface area contributed by atoms with E-state index in [1.807, 2.05) is 30.3 Å². The molecule has 2 aromatic carbocycles. The first-order valence-corrected chi connectivity index (χ1v) is 11.5. The van der Waals surface area contributed by atoms with Gasteiger partial charge >= 0.3 is 6.03 Å². The van der Waals surface area contributed by atoms with Crippen LogP contribution in [0.5, 0.6) is 0 Å². The monoisotopic (exact) mass is 487 g/mol. The van der Waals surface area contributed by atoms with Crippen molar-refractivity contribution >= 4 is 40.8 Å². The van der Waals surface area contributed by atoms with Crippen LogP contribution in [0.4, 0.5) is 16.2 Å². The summed E-state index contributed by atoms with van der Waals surface area (Å²) in [6.07, 6.45) is 3.18. The second-order valence-electron chi connectivity index (χ2n) is 8.73. The fourth-order valence-electron chi connectivity index (χ4n) is 4.50. The Morgan fingerprint density at radius 2 is 1.74 bits per heavy atom. The van der Waals surface area contributed by atoms with Crippen LogP contribution < -0.4 is 9.80 Å². The molecule has 0 bridgehead atoms. The van der Waals surface area contributed by atoms with Crippen molar-refractivity contribution in [2.75, 3.05) is 22.9 Å². The average Bonchev–Trinajstić information content (AvgIpc) is 3.26. The van der Waals surface area contributed by atoms with Crippen molar-refractivity contribution in [2.24, 2.45) is 7.05 Å². The molecule has 0 aliphatic carbocycles. The third kappa shape index (κ3) is 3.94. The number of fused-ring (bicyclic) bond motifs is 1. The van der Waals surface area contributed by atoms with Gasteiger partial charge in [-0.15, -0.1) is 0 Å². The van der Waals surface area contributed by atoms with Gasteiger partial charge in [-0.1, -0.05) is 41.6 Å². The second kappa shape index (κ2) is 8.60. The molecule has 2 aliphatic rings. The summed E-state index contributed by atoms with van der Waals surface area (Å²) in [4.78, 5) is 44.2. The van der Waals surface area contributed by atoms with E-state index in [1.54, 1.807) is 54.1 Å². The highest BCUT2D eigenvalue weighted by molar-refractivity contribution is 6.35. The molecule has 5 rings (SSSR count). The fourth-order valence-corrected chi connectivity index (χ4v) is 4.76. The number of anilines is 2. The molecule has 176 valence electrons. The molecule has 0 saturated carbocycles. The van der Waals surface area contributed by atoms with Crippen LogP contribution in [0.3, 0.4) is 0 Å². The summed E-state index contributed by atoms with van der Waals surface area (Å²) >= 11 is 6.50. The minimum atomic E-state index is -1.29. The van der Waals surface area contributed by atoms with E-state index in [9.17, 15) is 14.4 Å². The molecule has 0 N–H and O–H groups in total. The molecule has 2 saturated heterocycles. The Balaban J connectivity index is 1.41. The first-order valence-electron chi connectivity index (χ1n) is 11.1. The van der Waals surface area contributed by atoms with E-state index in [2.05, 4.69) is 16.9 Å². The number of nitrogens with zero attached hydrogens (tertiary/aromatic N) is 5. The van der Waals surface area contributed by atoms with Crippen molar-refractivity contribution < 1.29 is 14.4 Å². The van der Waals surface area contributed by atoms with Gasteiger partial charge in [0.2, 0.25) is 5.91 Å². The number of aryl methyl sites for hydroxylation is 1. The number of carbonyl (C=O) groups is 3. The second-order valence-corrected chi connectivity index (χ2v) is 9.13. The summed E-state index contributed by atoms with van der Waals surface area (Å²) in [5, 5.41) is 4.36. The van der Waals surface area contributed by atoms with E-state index in [0.29, 0.717) is 17.8 Å². The van der Waals surface area contributed by atoms with Crippen LogP contribution in [0.2, 0.25) is 5.02 Å². The maximum absolute atomic E-state index is 13.5. The molecule has 1 aromatic heterocycles. The van der Waals surface area contributed by atoms with Crippen LogP contribution in [0.15, 0.2) is 60.9 Å². The highest BCUT2D eigenvalue weighted by atomic mass is 35.5. The normalized spacial score (nSPS) is 20.0. The molecule has 9 heteroatoms. The summed E-state index contributed by atoms with van der Waals surface area (Å²) in [6.45, 7) is 2.21. The van der Waals surface area contributed by atoms with Gasteiger partial charge in [0, 0.05) is 37.5 Å². The van der Waals surface area contributed by atoms with Crippen LogP contribution in [-0.4, -0.2) is 51.2 Å². The third-order valence-electron chi connectivity index (χ3n) is 6.33. The van der Waals surface area contributed by atoms with Gasteiger partial charge in [-0.3, -0.25) is 14.3 Å². The Morgan fingerprint density at radius 1 is 1.00 bits per heavy atom. The number of benzene rings is 2. The van der Waals surface area contributed by atoms with Crippen molar-refractivity contribution in [3.8, 4) is 11.8 Å². The lowest BCUT2D eigenvalue weighted by Crippen LogP contribution is -2.72. The largest absolute Gasteiger partial charge is 0.332 e. The Kier molecular flexibility index (Phi) is 5.58. The number of imide groups is 1. The summed E-state index contributed by atoms with van der Waals surface area (Å²) in [6, 6.07) is 13.9. The topological polar surface area (TPSA) is 78.8 Å². The molecule has 2 fully saturated rings. The zero-order valence-corrected chi connectivity index (χ0v) is 20.0. The molecule has 35 heavy (non-hydrogen) atoms. The first kappa shape index (κ1) is 22.7. The van der Waals surface area contributed by atoms with E-state index >= 15 is 0 Å². The molecular weight excluding hydrogens is 466 g/mol. The minimum Gasteiger partial charge on any atom is -0.307 e. The number of urea groups is 1. The van der Waals surface area contributed by atoms with Gasteiger partial charge in [0.1, 0.15) is 5.54 Å². The SMILES string of the molecule is Cn1cc(N2CCN3C(=O)N(c4ccc(C#Cc5ccccc5)cc4Cl)C(=O)C[C@@]3(C)C2=O)cn1. The van der Waals surface area contributed by atoms with Gasteiger partial charge in [0.25, 0.3) is 5.91 Å². The van der Waals surface area contributed by atoms with Gasteiger partial charge in [-0.05, 0) is 37.3 Å². The Labute approximate surface area is 207 Å². The predicted octanol–water partition coefficient (Wildman–Crippen LogP) is 3.44. The zero-order valence-electron chi connectivity index (χ0n) is 19.2. The number of hydrogen-bond donors (Lipinski definition) is 0. The van der Waals surface area contributed by atoms with Gasteiger partial charge in [0.15, 0.2) is 0 Å². The average molecular weight is 488 g/mol. The minimum absolute atomic E-state index is 0.153. The van der Waals surface area contributed by atoms with Crippen LogP contribution in [0.1, 0.15) is 24.5 Å². The molecule has 0 radical (unpaired) electrons. The van der Waals surface area contributed by atoms with Crippen molar-refractivity contribution in [3.05, 3.63) is 77.1 Å². The Hall–Kier alpha value is -4.09. The molecule has 2 aliphatic heterocycles. The smallest absolute Gasteiger partial charge is 0.307 e.